The summed E-state index contributed by atoms with van der Waals surface area (Å²) in [7, 11) is 0. The first-order chi connectivity index (χ1) is 9.47. The van der Waals surface area contributed by atoms with Gasteiger partial charge in [0.05, 0.1) is 6.10 Å². The zero-order valence-electron chi connectivity index (χ0n) is 11.6. The van der Waals surface area contributed by atoms with E-state index >= 15 is 0 Å². The Balaban J connectivity index is 2.10. The predicted octanol–water partition coefficient (Wildman–Crippen LogP) is 5.61. The second kappa shape index (κ2) is 6.88. The summed E-state index contributed by atoms with van der Waals surface area (Å²) in [5.74, 6) is 0.538. The molecule has 0 aromatic heterocycles. The Labute approximate surface area is 137 Å². The second-order valence-electron chi connectivity index (χ2n) is 5.29. The molecule has 2 aromatic carbocycles. The normalized spacial score (nSPS) is 12.7. The molecule has 0 saturated heterocycles. The van der Waals surface area contributed by atoms with Crippen molar-refractivity contribution in [3.63, 3.8) is 0 Å². The summed E-state index contributed by atoms with van der Waals surface area (Å²) in [5, 5.41) is 10.3. The number of aliphatic hydroxyl groups excluding tert-OH is 1. The van der Waals surface area contributed by atoms with Gasteiger partial charge in [-0.3, -0.25) is 0 Å². The van der Waals surface area contributed by atoms with Crippen molar-refractivity contribution < 1.29 is 5.11 Å². The van der Waals surface area contributed by atoms with Gasteiger partial charge < -0.3 is 5.11 Å². The standard InChI is InChI=1S/C17H18Br2O/c1-11(2)13-5-3-12(4-6-13)9-17(20)14-7-8-15(18)16(19)10-14/h3-8,10-11,17,20H,9H2,1-2H3. The van der Waals surface area contributed by atoms with Gasteiger partial charge in [-0.25, -0.2) is 0 Å². The molecular formula is C17H18Br2O. The first-order valence-electron chi connectivity index (χ1n) is 6.69. The Hall–Kier alpha value is -0.640. The Bertz CT molecular complexity index is 576. The molecule has 2 rings (SSSR count). The fourth-order valence-electron chi connectivity index (χ4n) is 2.10. The van der Waals surface area contributed by atoms with Crippen molar-refractivity contribution in [2.75, 3.05) is 0 Å². The van der Waals surface area contributed by atoms with Gasteiger partial charge in [0.1, 0.15) is 0 Å². The van der Waals surface area contributed by atoms with Gasteiger partial charge in [0.2, 0.25) is 0 Å². The lowest BCUT2D eigenvalue weighted by Crippen LogP contribution is -2.02. The molecule has 1 N–H and O–H groups in total. The molecule has 0 fully saturated rings. The number of hydrogen-bond acceptors (Lipinski definition) is 1. The maximum Gasteiger partial charge on any atom is 0.0830 e. The third-order valence-electron chi connectivity index (χ3n) is 3.40. The molecule has 0 aliphatic heterocycles. The minimum Gasteiger partial charge on any atom is -0.388 e. The van der Waals surface area contributed by atoms with Gasteiger partial charge in [0.25, 0.3) is 0 Å². The molecule has 2 aromatic rings. The predicted molar refractivity (Wildman–Crippen MR) is 91.0 cm³/mol. The van der Waals surface area contributed by atoms with Gasteiger partial charge in [0, 0.05) is 15.4 Å². The van der Waals surface area contributed by atoms with Crippen LogP contribution >= 0.6 is 31.9 Å². The van der Waals surface area contributed by atoms with Crippen LogP contribution in [0.25, 0.3) is 0 Å². The molecule has 0 radical (unpaired) electrons. The highest BCUT2D eigenvalue weighted by molar-refractivity contribution is 9.13. The van der Waals surface area contributed by atoms with Gasteiger partial charge in [0.15, 0.2) is 0 Å². The van der Waals surface area contributed by atoms with Crippen LogP contribution in [-0.4, -0.2) is 5.11 Å². The van der Waals surface area contributed by atoms with E-state index in [1.54, 1.807) is 0 Å². The fraction of sp³-hybridized carbons (Fsp3) is 0.294. The van der Waals surface area contributed by atoms with E-state index in [1.807, 2.05) is 18.2 Å². The van der Waals surface area contributed by atoms with Crippen molar-refractivity contribution in [1.29, 1.82) is 0 Å². The van der Waals surface area contributed by atoms with Crippen LogP contribution in [0, 0.1) is 0 Å². The van der Waals surface area contributed by atoms with E-state index in [2.05, 4.69) is 70.0 Å². The maximum atomic E-state index is 10.3. The van der Waals surface area contributed by atoms with Gasteiger partial charge in [-0.05, 0) is 66.6 Å². The van der Waals surface area contributed by atoms with E-state index < -0.39 is 6.10 Å². The van der Waals surface area contributed by atoms with Crippen molar-refractivity contribution in [1.82, 2.24) is 0 Å². The summed E-state index contributed by atoms with van der Waals surface area (Å²) < 4.78 is 1.96. The monoisotopic (exact) mass is 396 g/mol. The molecular weight excluding hydrogens is 380 g/mol. The summed E-state index contributed by atoms with van der Waals surface area (Å²) in [5.41, 5.74) is 3.41. The van der Waals surface area contributed by atoms with Crippen LogP contribution in [0.1, 0.15) is 42.6 Å². The summed E-state index contributed by atoms with van der Waals surface area (Å²) in [6.45, 7) is 4.37. The molecule has 0 heterocycles. The first-order valence-corrected chi connectivity index (χ1v) is 8.28. The zero-order valence-corrected chi connectivity index (χ0v) is 14.8. The van der Waals surface area contributed by atoms with Crippen molar-refractivity contribution >= 4 is 31.9 Å². The van der Waals surface area contributed by atoms with Gasteiger partial charge in [-0.2, -0.15) is 0 Å². The Morgan fingerprint density at radius 3 is 2.05 bits per heavy atom. The third-order valence-corrected chi connectivity index (χ3v) is 5.28. The molecule has 106 valence electrons. The molecule has 3 heteroatoms. The zero-order chi connectivity index (χ0) is 14.7. The van der Waals surface area contributed by atoms with Crippen LogP contribution in [0.3, 0.4) is 0 Å². The minimum absolute atomic E-state index is 0.482. The number of aliphatic hydroxyl groups is 1. The quantitative estimate of drug-likeness (QED) is 0.710. The summed E-state index contributed by atoms with van der Waals surface area (Å²) in [4.78, 5) is 0. The Morgan fingerprint density at radius 2 is 1.50 bits per heavy atom. The van der Waals surface area contributed by atoms with Crippen LogP contribution in [0.2, 0.25) is 0 Å². The van der Waals surface area contributed by atoms with Crippen LogP contribution in [0.4, 0.5) is 0 Å². The van der Waals surface area contributed by atoms with E-state index in [-0.39, 0.29) is 0 Å². The highest BCUT2D eigenvalue weighted by atomic mass is 79.9. The number of halogens is 2. The summed E-state index contributed by atoms with van der Waals surface area (Å²) in [6.07, 6.45) is 0.149. The molecule has 0 amide bonds. The molecule has 20 heavy (non-hydrogen) atoms. The lowest BCUT2D eigenvalue weighted by atomic mass is 9.97. The smallest absolute Gasteiger partial charge is 0.0830 e. The van der Waals surface area contributed by atoms with E-state index in [1.165, 1.54) is 5.56 Å². The van der Waals surface area contributed by atoms with Crippen molar-refractivity contribution in [2.24, 2.45) is 0 Å². The number of benzene rings is 2. The Morgan fingerprint density at radius 1 is 0.900 bits per heavy atom. The van der Waals surface area contributed by atoms with E-state index in [0.29, 0.717) is 12.3 Å². The Kier molecular flexibility index (Phi) is 5.42. The largest absolute Gasteiger partial charge is 0.388 e. The minimum atomic E-state index is -0.482. The van der Waals surface area contributed by atoms with E-state index in [4.69, 9.17) is 0 Å². The van der Waals surface area contributed by atoms with Crippen LogP contribution in [0.5, 0.6) is 0 Å². The molecule has 0 aliphatic rings. The topological polar surface area (TPSA) is 20.2 Å². The highest BCUT2D eigenvalue weighted by Crippen LogP contribution is 2.28. The molecule has 0 bridgehead atoms. The van der Waals surface area contributed by atoms with Gasteiger partial charge >= 0.3 is 0 Å². The fourth-order valence-corrected chi connectivity index (χ4v) is 2.74. The third kappa shape index (κ3) is 3.94. The molecule has 1 unspecified atom stereocenters. The first kappa shape index (κ1) is 15.7. The lowest BCUT2D eigenvalue weighted by Gasteiger charge is -2.13. The average molecular weight is 398 g/mol. The van der Waals surface area contributed by atoms with Crippen LogP contribution < -0.4 is 0 Å². The maximum absolute atomic E-state index is 10.3. The summed E-state index contributed by atoms with van der Waals surface area (Å²) >= 11 is 6.91. The van der Waals surface area contributed by atoms with E-state index in [9.17, 15) is 5.11 Å². The molecule has 1 atom stereocenters. The van der Waals surface area contributed by atoms with Crippen molar-refractivity contribution in [3.8, 4) is 0 Å². The molecule has 0 aliphatic carbocycles. The average Bonchev–Trinajstić information content (AvgIpc) is 2.42. The van der Waals surface area contributed by atoms with Crippen molar-refractivity contribution in [3.05, 3.63) is 68.1 Å². The number of hydrogen-bond donors (Lipinski definition) is 1. The van der Waals surface area contributed by atoms with Crippen molar-refractivity contribution in [2.45, 2.75) is 32.3 Å². The van der Waals surface area contributed by atoms with Gasteiger partial charge in [-0.1, -0.05) is 44.2 Å². The second-order valence-corrected chi connectivity index (χ2v) is 7.00. The molecule has 0 saturated carbocycles. The SMILES string of the molecule is CC(C)c1ccc(CC(O)c2ccc(Br)c(Br)c2)cc1. The van der Waals surface area contributed by atoms with Crippen LogP contribution in [0.15, 0.2) is 51.4 Å². The molecule has 0 spiro atoms. The van der Waals surface area contributed by atoms with Crippen LogP contribution in [-0.2, 0) is 6.42 Å². The number of rotatable bonds is 4. The lowest BCUT2D eigenvalue weighted by molar-refractivity contribution is 0.178. The van der Waals surface area contributed by atoms with Gasteiger partial charge in [-0.15, -0.1) is 0 Å². The highest BCUT2D eigenvalue weighted by Gasteiger charge is 2.10. The molecule has 1 nitrogen and oxygen atoms in total. The van der Waals surface area contributed by atoms with E-state index in [0.717, 1.165) is 20.1 Å². The summed E-state index contributed by atoms with van der Waals surface area (Å²) in [6, 6.07) is 14.3.